The van der Waals surface area contributed by atoms with Gasteiger partial charge in [0.15, 0.2) is 0 Å². The van der Waals surface area contributed by atoms with E-state index in [0.29, 0.717) is 17.7 Å². The van der Waals surface area contributed by atoms with E-state index in [1.54, 1.807) is 12.1 Å². The molecule has 0 saturated carbocycles. The molecular formula is C12H14N2O4S. The Kier molecular flexibility index (Phi) is 6.01. The minimum absolute atomic E-state index is 0.0831. The number of benzene rings is 1. The van der Waals surface area contributed by atoms with Crippen molar-refractivity contribution in [3.05, 3.63) is 39.9 Å². The highest BCUT2D eigenvalue weighted by Crippen LogP contribution is 2.16. The second kappa shape index (κ2) is 7.52. The molecule has 0 bridgehead atoms. The smallest absolute Gasteiger partial charge is 0.328 e. The Bertz CT molecular complexity index is 490. The number of nitro groups is 1. The quantitative estimate of drug-likeness (QED) is 0.470. The number of carboxylic acids is 1. The van der Waals surface area contributed by atoms with Crippen LogP contribution in [0, 0.1) is 10.1 Å². The number of nitrogens with zero attached hydrogens (tertiary/aromatic N) is 2. The number of thioether (sulfide) groups is 1. The van der Waals surface area contributed by atoms with Crippen LogP contribution < -0.4 is 0 Å². The van der Waals surface area contributed by atoms with Gasteiger partial charge >= 0.3 is 5.97 Å². The predicted molar refractivity (Wildman–Crippen MR) is 75.1 cm³/mol. The van der Waals surface area contributed by atoms with E-state index in [0.717, 1.165) is 0 Å². The molecule has 1 rings (SSSR count). The number of carboxylic acid groups (broad SMARTS) is 1. The zero-order valence-electron chi connectivity index (χ0n) is 10.4. The summed E-state index contributed by atoms with van der Waals surface area (Å²) in [5, 5.41) is 19.8. The predicted octanol–water partition coefficient (Wildman–Crippen LogP) is 2.22. The van der Waals surface area contributed by atoms with Crippen molar-refractivity contribution in [1.29, 1.82) is 0 Å². The van der Waals surface area contributed by atoms with E-state index in [4.69, 9.17) is 5.11 Å². The molecule has 0 aliphatic rings. The van der Waals surface area contributed by atoms with Gasteiger partial charge in [-0.15, -0.1) is 0 Å². The van der Waals surface area contributed by atoms with Crippen molar-refractivity contribution < 1.29 is 14.8 Å². The number of hydrogen-bond acceptors (Lipinski definition) is 5. The average Bonchev–Trinajstić information content (AvgIpc) is 2.38. The lowest BCUT2D eigenvalue weighted by atomic mass is 10.2. The summed E-state index contributed by atoms with van der Waals surface area (Å²) in [6.07, 6.45) is 3.54. The largest absolute Gasteiger partial charge is 0.480 e. The number of nitro benzene ring substituents is 1. The molecule has 0 aliphatic carbocycles. The Morgan fingerprint density at radius 3 is 2.84 bits per heavy atom. The van der Waals surface area contributed by atoms with Crippen molar-refractivity contribution in [3.8, 4) is 0 Å². The van der Waals surface area contributed by atoms with E-state index in [2.05, 4.69) is 4.99 Å². The summed E-state index contributed by atoms with van der Waals surface area (Å²) in [4.78, 5) is 25.2. The van der Waals surface area contributed by atoms with Gasteiger partial charge in [-0.25, -0.2) is 4.79 Å². The van der Waals surface area contributed by atoms with Crippen molar-refractivity contribution in [2.45, 2.75) is 12.5 Å². The zero-order valence-corrected chi connectivity index (χ0v) is 11.2. The van der Waals surface area contributed by atoms with Crippen LogP contribution >= 0.6 is 11.8 Å². The number of hydrogen-bond donors (Lipinski definition) is 1. The third kappa shape index (κ3) is 4.70. The Labute approximate surface area is 114 Å². The highest BCUT2D eigenvalue weighted by molar-refractivity contribution is 7.98. The number of aliphatic imine (C=N–C) groups is 1. The lowest BCUT2D eigenvalue weighted by Crippen LogP contribution is -2.19. The molecule has 19 heavy (non-hydrogen) atoms. The average molecular weight is 282 g/mol. The number of carbonyl (C=O) groups is 1. The second-order valence-electron chi connectivity index (χ2n) is 3.73. The molecule has 1 N–H and O–H groups in total. The van der Waals surface area contributed by atoms with Gasteiger partial charge in [0, 0.05) is 12.3 Å². The van der Waals surface area contributed by atoms with E-state index in [9.17, 15) is 14.9 Å². The summed E-state index contributed by atoms with van der Waals surface area (Å²) in [5.74, 6) is -0.352. The molecular weight excluding hydrogens is 268 g/mol. The maximum absolute atomic E-state index is 11.0. The van der Waals surface area contributed by atoms with Crippen molar-refractivity contribution in [2.24, 2.45) is 4.99 Å². The molecule has 0 heterocycles. The molecule has 1 aromatic carbocycles. The van der Waals surface area contributed by atoms with E-state index >= 15 is 0 Å². The highest BCUT2D eigenvalue weighted by atomic mass is 32.2. The summed E-state index contributed by atoms with van der Waals surface area (Å²) in [6.45, 7) is 0. The first kappa shape index (κ1) is 15.2. The minimum atomic E-state index is -1.02. The molecule has 0 radical (unpaired) electrons. The topological polar surface area (TPSA) is 92.8 Å². The normalized spacial score (nSPS) is 12.5. The summed E-state index contributed by atoms with van der Waals surface area (Å²) < 4.78 is 0. The fraction of sp³-hybridized carbons (Fsp3) is 0.333. The van der Waals surface area contributed by atoms with Crippen LogP contribution in [0.25, 0.3) is 0 Å². The fourth-order valence-corrected chi connectivity index (χ4v) is 1.88. The van der Waals surface area contributed by atoms with Gasteiger partial charge in [0.25, 0.3) is 5.69 Å². The monoisotopic (exact) mass is 282 g/mol. The number of rotatable bonds is 7. The van der Waals surface area contributed by atoms with Crippen molar-refractivity contribution in [3.63, 3.8) is 0 Å². The summed E-state index contributed by atoms with van der Waals surface area (Å²) in [6, 6.07) is 5.23. The van der Waals surface area contributed by atoms with Crippen LogP contribution in [0.3, 0.4) is 0 Å². The van der Waals surface area contributed by atoms with Gasteiger partial charge in [0.1, 0.15) is 6.04 Å². The first-order valence-corrected chi connectivity index (χ1v) is 6.94. The van der Waals surface area contributed by atoms with Crippen LogP contribution in [-0.2, 0) is 4.79 Å². The molecule has 0 unspecified atom stereocenters. The van der Waals surface area contributed by atoms with Crippen LogP contribution in [0.4, 0.5) is 5.69 Å². The molecule has 0 fully saturated rings. The molecule has 0 saturated heterocycles. The van der Waals surface area contributed by atoms with Crippen LogP contribution in [0.15, 0.2) is 29.3 Å². The number of aliphatic carboxylic acids is 1. The third-order valence-corrected chi connectivity index (χ3v) is 3.05. The van der Waals surface area contributed by atoms with Crippen molar-refractivity contribution in [2.75, 3.05) is 12.0 Å². The molecule has 102 valence electrons. The van der Waals surface area contributed by atoms with Gasteiger partial charge in [-0.3, -0.25) is 15.1 Å². The van der Waals surface area contributed by atoms with Crippen LogP contribution in [0.5, 0.6) is 0 Å². The van der Waals surface area contributed by atoms with Crippen molar-refractivity contribution in [1.82, 2.24) is 0 Å². The van der Waals surface area contributed by atoms with E-state index in [-0.39, 0.29) is 5.69 Å². The van der Waals surface area contributed by atoms with E-state index < -0.39 is 16.9 Å². The van der Waals surface area contributed by atoms with Crippen LogP contribution in [0.2, 0.25) is 0 Å². The molecule has 0 amide bonds. The molecule has 0 aromatic heterocycles. The SMILES string of the molecule is CSCC[C@H](N=Cc1ccccc1[N+](=O)[O-])C(=O)O. The Morgan fingerprint density at radius 2 is 2.26 bits per heavy atom. The molecule has 0 spiro atoms. The van der Waals surface area contributed by atoms with Gasteiger partial charge in [0.2, 0.25) is 0 Å². The second-order valence-corrected chi connectivity index (χ2v) is 4.72. The zero-order chi connectivity index (χ0) is 14.3. The van der Waals surface area contributed by atoms with E-state index in [1.165, 1.54) is 30.1 Å². The Morgan fingerprint density at radius 1 is 1.58 bits per heavy atom. The third-order valence-electron chi connectivity index (χ3n) is 2.41. The lowest BCUT2D eigenvalue weighted by molar-refractivity contribution is -0.385. The van der Waals surface area contributed by atoms with E-state index in [1.807, 2.05) is 6.26 Å². The van der Waals surface area contributed by atoms with Gasteiger partial charge < -0.3 is 5.11 Å². The van der Waals surface area contributed by atoms with Crippen molar-refractivity contribution >= 4 is 29.6 Å². The molecule has 1 aromatic rings. The standard InChI is InChI=1S/C12H14N2O4S/c1-19-7-6-10(12(15)16)13-8-9-4-2-3-5-11(9)14(17)18/h2-5,8,10H,6-7H2,1H3,(H,15,16)/t10-/m0/s1. The van der Waals surface area contributed by atoms with Gasteiger partial charge in [-0.1, -0.05) is 12.1 Å². The molecule has 7 heteroatoms. The minimum Gasteiger partial charge on any atom is -0.480 e. The van der Waals surface area contributed by atoms with Crippen LogP contribution in [0.1, 0.15) is 12.0 Å². The maximum atomic E-state index is 11.0. The highest BCUT2D eigenvalue weighted by Gasteiger charge is 2.16. The first-order valence-electron chi connectivity index (χ1n) is 5.54. The lowest BCUT2D eigenvalue weighted by Gasteiger charge is -2.05. The van der Waals surface area contributed by atoms with Gasteiger partial charge in [0.05, 0.1) is 10.5 Å². The van der Waals surface area contributed by atoms with Gasteiger partial charge in [-0.05, 0) is 24.5 Å². The summed E-state index contributed by atoms with van der Waals surface area (Å²) >= 11 is 1.53. The summed E-state index contributed by atoms with van der Waals surface area (Å²) in [5.41, 5.74) is 0.225. The summed E-state index contributed by atoms with van der Waals surface area (Å²) in [7, 11) is 0. The van der Waals surface area contributed by atoms with Crippen LogP contribution in [-0.4, -0.2) is 40.3 Å². The molecule has 1 atom stereocenters. The molecule has 6 nitrogen and oxygen atoms in total. The van der Waals surface area contributed by atoms with Gasteiger partial charge in [-0.2, -0.15) is 11.8 Å². The number of para-hydroxylation sites is 1. The Hall–Kier alpha value is -1.89. The molecule has 0 aliphatic heterocycles. The Balaban J connectivity index is 2.89. The first-order chi connectivity index (χ1) is 9.06. The maximum Gasteiger partial charge on any atom is 0.328 e. The fourth-order valence-electron chi connectivity index (χ4n) is 1.42.